The third kappa shape index (κ3) is 3.43. The van der Waals surface area contributed by atoms with Gasteiger partial charge in [0.25, 0.3) is 11.8 Å². The lowest BCUT2D eigenvalue weighted by atomic mass is 10.1. The Kier molecular flexibility index (Phi) is 4.63. The smallest absolute Gasteiger partial charge is 0.263 e. The molecule has 5 nitrogen and oxygen atoms in total. The van der Waals surface area contributed by atoms with Gasteiger partial charge in [-0.2, -0.15) is 0 Å². The van der Waals surface area contributed by atoms with Gasteiger partial charge < -0.3 is 4.57 Å². The average Bonchev–Trinajstić information content (AvgIpc) is 2.98. The lowest BCUT2D eigenvalue weighted by Gasteiger charge is -2.16. The number of carbonyl (C=O) groups is 2. The summed E-state index contributed by atoms with van der Waals surface area (Å²) in [4.78, 5) is 24.3. The van der Waals surface area contributed by atoms with Crippen molar-refractivity contribution in [2.75, 3.05) is 0 Å². The van der Waals surface area contributed by atoms with Gasteiger partial charge >= 0.3 is 0 Å². The molecule has 0 atom stereocenters. The third-order valence-corrected chi connectivity index (χ3v) is 5.34. The second-order valence-corrected chi connectivity index (χ2v) is 7.38. The first-order valence-corrected chi connectivity index (χ1v) is 9.42. The van der Waals surface area contributed by atoms with E-state index in [9.17, 15) is 9.59 Å². The fourth-order valence-corrected chi connectivity index (χ4v) is 3.69. The van der Waals surface area contributed by atoms with Crippen molar-refractivity contribution >= 4 is 62.1 Å². The zero-order valence-electron chi connectivity index (χ0n) is 14.0. The van der Waals surface area contributed by atoms with E-state index in [0.717, 1.165) is 26.5 Å². The molecular formula is C20H14BrN3O2S. The fourth-order valence-electron chi connectivity index (χ4n) is 3.09. The van der Waals surface area contributed by atoms with Crippen LogP contribution in [0.3, 0.4) is 0 Å². The Bertz CT molecular complexity index is 1110. The van der Waals surface area contributed by atoms with E-state index >= 15 is 0 Å². The van der Waals surface area contributed by atoms with Crippen molar-refractivity contribution in [1.29, 1.82) is 0 Å². The number of rotatable bonds is 3. The van der Waals surface area contributed by atoms with Gasteiger partial charge in [-0.1, -0.05) is 52.3 Å². The highest BCUT2D eigenvalue weighted by Gasteiger charge is 2.26. The van der Waals surface area contributed by atoms with E-state index in [-0.39, 0.29) is 10.7 Å². The molecule has 2 heterocycles. The maximum Gasteiger partial charge on any atom is 0.263 e. The molecule has 1 saturated heterocycles. The summed E-state index contributed by atoms with van der Waals surface area (Å²) >= 11 is 8.43. The Hall–Kier alpha value is -2.77. The van der Waals surface area contributed by atoms with Gasteiger partial charge in [0.1, 0.15) is 5.57 Å². The van der Waals surface area contributed by atoms with Crippen LogP contribution < -0.4 is 10.6 Å². The molecule has 1 aromatic heterocycles. The van der Waals surface area contributed by atoms with Crippen molar-refractivity contribution in [2.24, 2.45) is 0 Å². The van der Waals surface area contributed by atoms with E-state index in [0.29, 0.717) is 6.54 Å². The summed E-state index contributed by atoms with van der Waals surface area (Å²) in [7, 11) is 0. The van der Waals surface area contributed by atoms with E-state index < -0.39 is 11.8 Å². The van der Waals surface area contributed by atoms with Crippen LogP contribution in [-0.2, 0) is 16.1 Å². The topological polar surface area (TPSA) is 63.1 Å². The molecule has 0 spiro atoms. The first-order valence-electron chi connectivity index (χ1n) is 8.22. The highest BCUT2D eigenvalue weighted by atomic mass is 79.9. The monoisotopic (exact) mass is 439 g/mol. The number of para-hydroxylation sites is 1. The van der Waals surface area contributed by atoms with Gasteiger partial charge in [0.15, 0.2) is 5.11 Å². The summed E-state index contributed by atoms with van der Waals surface area (Å²) in [6, 6.07) is 15.9. The molecule has 1 aliphatic rings. The number of amides is 2. The van der Waals surface area contributed by atoms with Crippen LogP contribution in [0.25, 0.3) is 17.0 Å². The Balaban J connectivity index is 1.80. The van der Waals surface area contributed by atoms with Crippen LogP contribution in [0.2, 0.25) is 0 Å². The summed E-state index contributed by atoms with van der Waals surface area (Å²) in [5.74, 6) is -0.988. The number of nitrogens with one attached hydrogen (secondary N) is 2. The molecule has 2 aromatic carbocycles. The fraction of sp³-hybridized carbons (Fsp3) is 0.0500. The molecule has 4 rings (SSSR count). The Morgan fingerprint density at radius 2 is 1.67 bits per heavy atom. The molecule has 3 aromatic rings. The van der Waals surface area contributed by atoms with Gasteiger partial charge in [-0.25, -0.2) is 0 Å². The molecule has 0 aliphatic carbocycles. The molecule has 0 bridgehead atoms. The number of hydrogen-bond donors (Lipinski definition) is 2. The highest BCUT2D eigenvalue weighted by Crippen LogP contribution is 2.26. The van der Waals surface area contributed by atoms with Crippen molar-refractivity contribution < 1.29 is 9.59 Å². The minimum absolute atomic E-state index is 0.0264. The van der Waals surface area contributed by atoms with E-state index in [2.05, 4.69) is 37.2 Å². The molecule has 0 saturated carbocycles. The first-order chi connectivity index (χ1) is 13.0. The maximum atomic E-state index is 12.2. The Morgan fingerprint density at radius 1 is 1.00 bits per heavy atom. The third-order valence-electron chi connectivity index (χ3n) is 4.36. The standard InChI is InChI=1S/C20H14BrN3O2S/c21-16-7-3-1-5-12(16)10-24-11-13(14-6-2-4-8-17(14)24)9-15-18(25)22-20(27)23-19(15)26/h1-9,11H,10H2,(H2,22,23,25,26,27). The van der Waals surface area contributed by atoms with Crippen molar-refractivity contribution in [3.8, 4) is 0 Å². The number of thiocarbonyl (C=S) groups is 1. The number of halogens is 1. The van der Waals surface area contributed by atoms with E-state index in [1.54, 1.807) is 6.08 Å². The highest BCUT2D eigenvalue weighted by molar-refractivity contribution is 9.10. The number of carbonyl (C=O) groups excluding carboxylic acids is 2. The molecule has 7 heteroatoms. The van der Waals surface area contributed by atoms with Crippen molar-refractivity contribution in [2.45, 2.75) is 6.54 Å². The Labute approximate surface area is 169 Å². The molecule has 0 radical (unpaired) electrons. The summed E-state index contributed by atoms with van der Waals surface area (Å²) in [6.07, 6.45) is 3.55. The van der Waals surface area contributed by atoms with Crippen molar-refractivity contribution in [3.63, 3.8) is 0 Å². The average molecular weight is 440 g/mol. The van der Waals surface area contributed by atoms with Crippen LogP contribution >= 0.6 is 28.1 Å². The quantitative estimate of drug-likeness (QED) is 0.373. The van der Waals surface area contributed by atoms with Crippen molar-refractivity contribution in [3.05, 3.63) is 75.9 Å². The van der Waals surface area contributed by atoms with E-state index in [1.807, 2.05) is 48.7 Å². The van der Waals surface area contributed by atoms with Gasteiger partial charge in [-0.15, -0.1) is 0 Å². The summed E-state index contributed by atoms with van der Waals surface area (Å²) in [5.41, 5.74) is 2.99. The summed E-state index contributed by atoms with van der Waals surface area (Å²) in [6.45, 7) is 0.660. The summed E-state index contributed by atoms with van der Waals surface area (Å²) in [5, 5.41) is 5.91. The maximum absolute atomic E-state index is 12.2. The molecule has 2 amide bonds. The molecule has 27 heavy (non-hydrogen) atoms. The molecule has 1 fully saturated rings. The van der Waals surface area contributed by atoms with Crippen LogP contribution in [0.4, 0.5) is 0 Å². The molecule has 134 valence electrons. The lowest BCUT2D eigenvalue weighted by molar-refractivity contribution is -0.123. The summed E-state index contributed by atoms with van der Waals surface area (Å²) < 4.78 is 3.13. The minimum atomic E-state index is -0.494. The predicted octanol–water partition coefficient (Wildman–Crippen LogP) is 3.37. The molecular weight excluding hydrogens is 426 g/mol. The van der Waals surface area contributed by atoms with Gasteiger partial charge in [0.2, 0.25) is 0 Å². The van der Waals surface area contributed by atoms with E-state index in [1.165, 1.54) is 0 Å². The first kappa shape index (κ1) is 17.6. The van der Waals surface area contributed by atoms with E-state index in [4.69, 9.17) is 12.2 Å². The number of aromatic nitrogens is 1. The van der Waals surface area contributed by atoms with Crippen LogP contribution in [0.1, 0.15) is 11.1 Å². The number of fused-ring (bicyclic) bond motifs is 1. The second-order valence-electron chi connectivity index (χ2n) is 6.12. The van der Waals surface area contributed by atoms with Gasteiger partial charge in [0.05, 0.1) is 0 Å². The van der Waals surface area contributed by atoms with Gasteiger partial charge in [-0.3, -0.25) is 20.2 Å². The number of nitrogens with zero attached hydrogens (tertiary/aromatic N) is 1. The second kappa shape index (κ2) is 7.09. The number of hydrogen-bond acceptors (Lipinski definition) is 3. The zero-order chi connectivity index (χ0) is 19.0. The lowest BCUT2D eigenvalue weighted by Crippen LogP contribution is -2.51. The van der Waals surface area contributed by atoms with Crippen LogP contribution in [-0.4, -0.2) is 21.5 Å². The molecule has 1 aliphatic heterocycles. The van der Waals surface area contributed by atoms with Crippen LogP contribution in [0, 0.1) is 0 Å². The minimum Gasteiger partial charge on any atom is -0.342 e. The van der Waals surface area contributed by atoms with Crippen LogP contribution in [0.15, 0.2) is 64.8 Å². The molecule has 2 N–H and O–H groups in total. The largest absolute Gasteiger partial charge is 0.342 e. The van der Waals surface area contributed by atoms with Gasteiger partial charge in [0, 0.05) is 33.7 Å². The Morgan fingerprint density at radius 3 is 2.41 bits per heavy atom. The van der Waals surface area contributed by atoms with Gasteiger partial charge in [-0.05, 0) is 36.0 Å². The van der Waals surface area contributed by atoms with Crippen LogP contribution in [0.5, 0.6) is 0 Å². The van der Waals surface area contributed by atoms with Crippen molar-refractivity contribution in [1.82, 2.24) is 15.2 Å². The molecule has 0 unspecified atom stereocenters. The normalized spacial score (nSPS) is 14.3. The number of benzene rings is 2. The SMILES string of the molecule is O=C1NC(=S)NC(=O)C1=Cc1cn(Cc2ccccc2Br)c2ccccc12. The predicted molar refractivity (Wildman–Crippen MR) is 112 cm³/mol. The zero-order valence-corrected chi connectivity index (χ0v) is 16.4.